The number of hydrogen-bond donors (Lipinski definition) is 2. The molecule has 1 aliphatic rings. The van der Waals surface area contributed by atoms with Crippen molar-refractivity contribution in [2.45, 2.75) is 43.0 Å². The number of carbonyl (C=O) groups excluding carboxylic acids is 1. The highest BCUT2D eigenvalue weighted by molar-refractivity contribution is 7.98. The van der Waals surface area contributed by atoms with Crippen LogP contribution in [-0.2, 0) is 0 Å². The fourth-order valence-corrected chi connectivity index (χ4v) is 3.66. The second-order valence-electron chi connectivity index (χ2n) is 5.78. The van der Waals surface area contributed by atoms with Gasteiger partial charge in [0.25, 0.3) is 5.91 Å². The molecule has 0 heterocycles. The molecule has 1 aromatic rings. The molecule has 21 heavy (non-hydrogen) atoms. The van der Waals surface area contributed by atoms with Crippen LogP contribution in [-0.4, -0.2) is 22.7 Å². The minimum absolute atomic E-state index is 0.0812. The van der Waals surface area contributed by atoms with Crippen molar-refractivity contribution in [1.29, 1.82) is 0 Å². The lowest BCUT2D eigenvalue weighted by Crippen LogP contribution is -2.58. The predicted molar refractivity (Wildman–Crippen MR) is 92.8 cm³/mol. The van der Waals surface area contributed by atoms with Gasteiger partial charge in [0.2, 0.25) is 0 Å². The van der Waals surface area contributed by atoms with Crippen molar-refractivity contribution in [2.24, 2.45) is 11.7 Å². The molecule has 3 nitrogen and oxygen atoms in total. The Morgan fingerprint density at radius 2 is 2.00 bits per heavy atom. The Bertz CT molecular complexity index is 537. The molecule has 1 aliphatic carbocycles. The normalized spacial score (nSPS) is 25.3. The maximum absolute atomic E-state index is 12.6. The summed E-state index contributed by atoms with van der Waals surface area (Å²) in [5, 5.41) is 3.12. The number of amides is 1. The number of hydrogen-bond acceptors (Lipinski definition) is 3. The summed E-state index contributed by atoms with van der Waals surface area (Å²) in [6.45, 7) is 2.23. The van der Waals surface area contributed by atoms with Gasteiger partial charge in [0, 0.05) is 4.90 Å². The number of benzene rings is 1. The molecule has 114 valence electrons. The zero-order chi connectivity index (χ0) is 15.5. The molecular formula is C16H22N2OS2. The number of carbonyl (C=O) groups is 1. The molecule has 0 aromatic heterocycles. The highest BCUT2D eigenvalue weighted by atomic mass is 32.2. The first-order valence-corrected chi connectivity index (χ1v) is 8.87. The molecule has 5 heteroatoms. The van der Waals surface area contributed by atoms with Gasteiger partial charge in [-0.25, -0.2) is 0 Å². The van der Waals surface area contributed by atoms with E-state index >= 15 is 0 Å². The Morgan fingerprint density at radius 3 is 2.57 bits per heavy atom. The molecule has 0 saturated heterocycles. The van der Waals surface area contributed by atoms with Gasteiger partial charge in [-0.05, 0) is 50.0 Å². The number of thiocarbonyl (C=S) groups is 1. The topological polar surface area (TPSA) is 55.1 Å². The van der Waals surface area contributed by atoms with Crippen molar-refractivity contribution in [3.8, 4) is 0 Å². The van der Waals surface area contributed by atoms with Crippen LogP contribution in [0.4, 0.5) is 0 Å². The molecule has 1 fully saturated rings. The monoisotopic (exact) mass is 322 g/mol. The van der Waals surface area contributed by atoms with E-state index < -0.39 is 5.54 Å². The third kappa shape index (κ3) is 3.58. The largest absolute Gasteiger partial charge is 0.391 e. The summed E-state index contributed by atoms with van der Waals surface area (Å²) in [5.74, 6) is 0.588. The van der Waals surface area contributed by atoms with Gasteiger partial charge in [0.1, 0.15) is 0 Å². The second kappa shape index (κ2) is 6.79. The van der Waals surface area contributed by atoms with Crippen LogP contribution in [0.15, 0.2) is 29.2 Å². The SMILES string of the molecule is CSc1ccccc1C(=O)NC1(C(N)=S)CCC(C)CC1. The van der Waals surface area contributed by atoms with E-state index in [1.54, 1.807) is 11.8 Å². The van der Waals surface area contributed by atoms with Crippen molar-refractivity contribution >= 4 is 34.9 Å². The Hall–Kier alpha value is -1.07. The summed E-state index contributed by atoms with van der Waals surface area (Å²) < 4.78 is 0. The number of nitrogens with one attached hydrogen (secondary N) is 1. The number of thioether (sulfide) groups is 1. The van der Waals surface area contributed by atoms with Gasteiger partial charge in [-0.1, -0.05) is 31.3 Å². The molecular weight excluding hydrogens is 300 g/mol. The Labute approximate surface area is 136 Å². The lowest BCUT2D eigenvalue weighted by molar-refractivity contribution is 0.0897. The molecule has 0 radical (unpaired) electrons. The van der Waals surface area contributed by atoms with E-state index in [9.17, 15) is 4.79 Å². The van der Waals surface area contributed by atoms with Crippen LogP contribution in [0.5, 0.6) is 0 Å². The highest BCUT2D eigenvalue weighted by Crippen LogP contribution is 2.33. The molecule has 0 aliphatic heterocycles. The van der Waals surface area contributed by atoms with E-state index in [1.165, 1.54) is 0 Å². The molecule has 1 aromatic carbocycles. The second-order valence-corrected chi connectivity index (χ2v) is 7.07. The molecule has 0 atom stereocenters. The summed E-state index contributed by atoms with van der Waals surface area (Å²) in [5.41, 5.74) is 6.13. The van der Waals surface area contributed by atoms with Gasteiger partial charge in [0.15, 0.2) is 0 Å². The lowest BCUT2D eigenvalue weighted by atomic mass is 9.77. The Kier molecular flexibility index (Phi) is 5.27. The summed E-state index contributed by atoms with van der Waals surface area (Å²) >= 11 is 6.82. The molecule has 0 bridgehead atoms. The smallest absolute Gasteiger partial charge is 0.253 e. The fraction of sp³-hybridized carbons (Fsp3) is 0.500. The standard InChI is InChI=1S/C16H22N2OS2/c1-11-7-9-16(10-8-11,15(17)20)18-14(19)12-5-3-4-6-13(12)21-2/h3-6,11H,7-10H2,1-2H3,(H2,17,20)(H,18,19). The maximum atomic E-state index is 12.6. The van der Waals surface area contributed by atoms with Crippen molar-refractivity contribution in [3.05, 3.63) is 29.8 Å². The van der Waals surface area contributed by atoms with Gasteiger partial charge in [0.05, 0.1) is 16.1 Å². The van der Waals surface area contributed by atoms with Crippen LogP contribution in [0.3, 0.4) is 0 Å². The van der Waals surface area contributed by atoms with Gasteiger partial charge < -0.3 is 11.1 Å². The number of rotatable bonds is 4. The minimum atomic E-state index is -0.523. The van der Waals surface area contributed by atoms with Crippen LogP contribution >= 0.6 is 24.0 Å². The van der Waals surface area contributed by atoms with Crippen LogP contribution < -0.4 is 11.1 Å². The van der Waals surface area contributed by atoms with E-state index in [4.69, 9.17) is 18.0 Å². The quantitative estimate of drug-likeness (QED) is 0.659. The Balaban J connectivity index is 2.21. The maximum Gasteiger partial charge on any atom is 0.253 e. The number of nitrogens with two attached hydrogens (primary N) is 1. The summed E-state index contributed by atoms with van der Waals surface area (Å²) in [7, 11) is 0. The van der Waals surface area contributed by atoms with Crippen molar-refractivity contribution < 1.29 is 4.79 Å². The third-order valence-electron chi connectivity index (χ3n) is 4.30. The van der Waals surface area contributed by atoms with Crippen LogP contribution in [0, 0.1) is 5.92 Å². The molecule has 2 rings (SSSR count). The van der Waals surface area contributed by atoms with E-state index in [0.29, 0.717) is 16.5 Å². The first-order chi connectivity index (χ1) is 9.98. The van der Waals surface area contributed by atoms with Crippen molar-refractivity contribution in [1.82, 2.24) is 5.32 Å². The van der Waals surface area contributed by atoms with Crippen molar-refractivity contribution in [3.63, 3.8) is 0 Å². The van der Waals surface area contributed by atoms with Crippen molar-refractivity contribution in [2.75, 3.05) is 6.26 Å². The van der Waals surface area contributed by atoms with Gasteiger partial charge in [-0.2, -0.15) is 0 Å². The van der Waals surface area contributed by atoms with Gasteiger partial charge >= 0.3 is 0 Å². The summed E-state index contributed by atoms with van der Waals surface area (Å²) in [6, 6.07) is 7.62. The summed E-state index contributed by atoms with van der Waals surface area (Å²) in [6.07, 6.45) is 5.72. The third-order valence-corrected chi connectivity index (χ3v) is 5.49. The van der Waals surface area contributed by atoms with E-state index in [1.807, 2.05) is 30.5 Å². The zero-order valence-electron chi connectivity index (χ0n) is 12.5. The molecule has 1 amide bonds. The molecule has 3 N–H and O–H groups in total. The molecule has 0 unspecified atom stereocenters. The zero-order valence-corrected chi connectivity index (χ0v) is 14.2. The first-order valence-electron chi connectivity index (χ1n) is 7.24. The average molecular weight is 322 g/mol. The van der Waals surface area contributed by atoms with Crippen LogP contribution in [0.2, 0.25) is 0 Å². The molecule has 0 spiro atoms. The minimum Gasteiger partial charge on any atom is -0.391 e. The van der Waals surface area contributed by atoms with Gasteiger partial charge in [-0.15, -0.1) is 11.8 Å². The fourth-order valence-electron chi connectivity index (χ4n) is 2.80. The lowest BCUT2D eigenvalue weighted by Gasteiger charge is -2.39. The van der Waals surface area contributed by atoms with E-state index in [-0.39, 0.29) is 5.91 Å². The van der Waals surface area contributed by atoms with Crippen LogP contribution in [0.1, 0.15) is 43.0 Å². The van der Waals surface area contributed by atoms with E-state index in [0.717, 1.165) is 30.6 Å². The first kappa shape index (κ1) is 16.3. The van der Waals surface area contributed by atoms with E-state index in [2.05, 4.69) is 12.2 Å². The Morgan fingerprint density at radius 1 is 1.38 bits per heavy atom. The average Bonchev–Trinajstić information content (AvgIpc) is 2.49. The summed E-state index contributed by atoms with van der Waals surface area (Å²) in [4.78, 5) is 14.0. The molecule has 1 saturated carbocycles. The van der Waals surface area contributed by atoms with Gasteiger partial charge in [-0.3, -0.25) is 4.79 Å². The highest BCUT2D eigenvalue weighted by Gasteiger charge is 2.38. The predicted octanol–water partition coefficient (Wildman–Crippen LogP) is 3.37. The van der Waals surface area contributed by atoms with Crippen LogP contribution in [0.25, 0.3) is 0 Å².